The van der Waals surface area contributed by atoms with Crippen molar-refractivity contribution >= 4 is 51.8 Å². The predicted molar refractivity (Wildman–Crippen MR) is 442 cm³/mol. The number of aliphatic hydroxyl groups is 3. The van der Waals surface area contributed by atoms with Crippen molar-refractivity contribution in [1.82, 2.24) is 63.9 Å². The summed E-state index contributed by atoms with van der Waals surface area (Å²) in [5, 5.41) is 60.0. The third kappa shape index (κ3) is 35.5. The lowest BCUT2D eigenvalue weighted by Crippen LogP contribution is -2.43. The summed E-state index contributed by atoms with van der Waals surface area (Å²) < 4.78 is 26.0. The topological polar surface area (TPSA) is 349 Å². The highest BCUT2D eigenvalue weighted by Crippen LogP contribution is 2.52. The van der Waals surface area contributed by atoms with Gasteiger partial charge in [0.1, 0.15) is 60.1 Å². The molecule has 5 heterocycles. The molecule has 5 fully saturated rings. The van der Waals surface area contributed by atoms with Crippen molar-refractivity contribution in [2.75, 3.05) is 41.1 Å². The Hall–Kier alpha value is -5.67. The summed E-state index contributed by atoms with van der Waals surface area (Å²) in [4.78, 5) is 39.5. The van der Waals surface area contributed by atoms with Crippen LogP contribution in [0.3, 0.4) is 0 Å². The van der Waals surface area contributed by atoms with E-state index in [1.54, 1.807) is 55.8 Å². The lowest BCUT2D eigenvalue weighted by Gasteiger charge is -2.45. The number of nitrogens with two attached hydrogens (primary N) is 1. The number of halogens is 1. The fraction of sp³-hybridized carbons (Fsp3) is 0.725. The van der Waals surface area contributed by atoms with Crippen molar-refractivity contribution in [3.05, 3.63) is 98.1 Å². The summed E-state index contributed by atoms with van der Waals surface area (Å²) in [6, 6.07) is 17.7. The minimum absolute atomic E-state index is 0.00987. The molecule has 29 heteroatoms. The monoisotopic (exact) mass is 1570 g/mol. The summed E-state index contributed by atoms with van der Waals surface area (Å²) in [5.74, 6) is 7.84. The van der Waals surface area contributed by atoms with Crippen molar-refractivity contribution in [2.24, 2.45) is 47.2 Å². The molecule has 5 aliphatic carbocycles. The van der Waals surface area contributed by atoms with Crippen LogP contribution < -0.4 is 27.0 Å². The van der Waals surface area contributed by atoms with E-state index in [4.69, 9.17) is 46.5 Å². The standard InChI is InChI=1S/C20H34N5O2P.C15H32N3OP.C12H19N3.C11H17N3O.C10H15N3O2.C8H17N.C4H3ClN2/c1-6-17-12-18(24-20-8-10-22-14-23-20)13-19(17)27-28(26-11-7-9-21)25(15(2)3)16(4)5;1-12(2)17(13(3)4)20(19-11-9-10-16)18(14(5)6)15(7)8;1-3-10-7-11(6-9(10)2)15-12-4-5-13-8-14-12;1-2-8-5-9(6-10(8)15)14-11-3-4-12-7-13-11;14-5-7-3-8(4-9(7)15)13-10-1-2-11-6-12-10;1-3-7-5-8(9)4-6(7)2;5-4-1-2-6-3-7-4/h8,10,14-19H,6-7,11-13H2,1-5H3,(H,22,23,24);12-15H,9,11H2,1-8H3;4-5,8-11H,3,6-7H2,1-2H3,(H,13,14,15);3-4,7-10,15H,2,5-6H2,1H3,(H,12,13,14);1-2,6-9,14-15H,3-5H2,(H,11,12,13);6-8H,3-5,9H2,1-2H3;1-3H/t17-,18+,19-,28?;;9-,10-,11-;8-,9+,10-;7-,8-,9+;6-,7-,8-;/m0.0010./s1. The van der Waals surface area contributed by atoms with Gasteiger partial charge in [-0.15, -0.1) is 0 Å². The van der Waals surface area contributed by atoms with Gasteiger partial charge in [0.25, 0.3) is 8.53 Å². The molecule has 610 valence electrons. The van der Waals surface area contributed by atoms with Gasteiger partial charge in [0.2, 0.25) is 0 Å². The maximum absolute atomic E-state index is 9.76. The van der Waals surface area contributed by atoms with Crippen LogP contribution in [0.1, 0.15) is 227 Å². The SMILES string of the molecule is CC(C)N(C(C)C)P(OCCC#N)N(C(C)C)C(C)C.CC[C@H]1C[C@@H](N)C[C@@H]1C.CC[C@H]1C[C@@H](Nc2ccncn2)C[C@@H]1C.CC[C@H]1C[C@@H](Nc2ccncn2)C[C@@H]1O.CC[C@H]1C[C@@H](Nc2ccncn2)C[C@@H]1OP(OCCC#N)N(C(C)C)C(C)C.Clc1ccncn1.OC[C@H]1C[C@@H](Nc2ccncn2)C[C@@H]1O. The van der Waals surface area contributed by atoms with Crippen molar-refractivity contribution in [3.8, 4) is 12.1 Å². The van der Waals surface area contributed by atoms with Crippen LogP contribution in [-0.2, 0) is 13.6 Å². The van der Waals surface area contributed by atoms with Crippen LogP contribution in [0.15, 0.2) is 93.0 Å². The van der Waals surface area contributed by atoms with E-state index in [2.05, 4.69) is 222 Å². The number of rotatable bonds is 30. The van der Waals surface area contributed by atoms with Crippen molar-refractivity contribution < 1.29 is 28.9 Å². The minimum Gasteiger partial charge on any atom is -0.396 e. The smallest absolute Gasteiger partial charge is 0.259 e. The molecule has 16 atom stereocenters. The number of aliphatic hydroxyl groups excluding tert-OH is 3. The Morgan fingerprint density at radius 1 is 0.468 bits per heavy atom. The van der Waals surface area contributed by atoms with Gasteiger partial charge in [0, 0.05) is 110 Å². The molecule has 1 unspecified atom stereocenters. The van der Waals surface area contributed by atoms with Gasteiger partial charge < -0.3 is 55.9 Å². The quantitative estimate of drug-likeness (QED) is 0.0120. The molecule has 0 spiro atoms. The highest BCUT2D eigenvalue weighted by atomic mass is 35.5. The van der Waals surface area contributed by atoms with E-state index in [1.165, 1.54) is 57.5 Å². The van der Waals surface area contributed by atoms with E-state index >= 15 is 0 Å². The zero-order valence-corrected chi connectivity index (χ0v) is 71.4. The summed E-state index contributed by atoms with van der Waals surface area (Å²) in [6.45, 7) is 40.9. The second kappa shape index (κ2) is 53.4. The number of nitriles is 2. The van der Waals surface area contributed by atoms with Gasteiger partial charge >= 0.3 is 0 Å². The van der Waals surface area contributed by atoms with Crippen LogP contribution in [0.5, 0.6) is 0 Å². The van der Waals surface area contributed by atoms with Crippen LogP contribution >= 0.6 is 28.6 Å². The number of nitrogens with zero attached hydrogens (tertiary/aromatic N) is 15. The van der Waals surface area contributed by atoms with Crippen LogP contribution in [0, 0.1) is 64.1 Å². The molecule has 5 aromatic rings. The molecule has 9 N–H and O–H groups in total. The van der Waals surface area contributed by atoms with E-state index in [1.807, 2.05) is 18.2 Å². The van der Waals surface area contributed by atoms with Gasteiger partial charge in [-0.3, -0.25) is 0 Å². The average Bonchev–Trinajstić information content (AvgIpc) is 1.33. The molecule has 0 saturated heterocycles. The number of anilines is 4. The molecular weight excluding hydrogens is 1430 g/mol. The average molecular weight is 1570 g/mol. The Balaban J connectivity index is 0.000000278. The van der Waals surface area contributed by atoms with E-state index < -0.39 is 23.1 Å². The predicted octanol–water partition coefficient (Wildman–Crippen LogP) is 16.2. The molecule has 0 aliphatic heterocycles. The second-order valence-electron chi connectivity index (χ2n) is 30.9. The summed E-state index contributed by atoms with van der Waals surface area (Å²) in [6.07, 6.45) is 31.5. The normalized spacial score (nSPS) is 25.0. The molecule has 5 saturated carbocycles. The fourth-order valence-electron chi connectivity index (χ4n) is 15.3. The Bertz CT molecular complexity index is 2990. The first-order valence-electron chi connectivity index (χ1n) is 40.1. The Morgan fingerprint density at radius 2 is 0.817 bits per heavy atom. The molecule has 5 aromatic heterocycles. The first-order chi connectivity index (χ1) is 52.2. The first-order valence-corrected chi connectivity index (χ1v) is 42.7. The molecular formula is C80H137ClN20O6P2. The van der Waals surface area contributed by atoms with Crippen LogP contribution in [0.2, 0.25) is 5.15 Å². The summed E-state index contributed by atoms with van der Waals surface area (Å²) in [7, 11) is -2.05. The van der Waals surface area contributed by atoms with Crippen LogP contribution in [0.4, 0.5) is 23.3 Å². The van der Waals surface area contributed by atoms with Crippen LogP contribution in [-0.4, -0.2) is 184 Å². The maximum Gasteiger partial charge on any atom is 0.259 e. The fourth-order valence-corrected chi connectivity index (χ4v) is 19.5. The van der Waals surface area contributed by atoms with Gasteiger partial charge in [-0.05, 0) is 213 Å². The minimum atomic E-state index is -1.21. The second-order valence-corrected chi connectivity index (χ2v) is 34.4. The Kier molecular flexibility index (Phi) is 46.8. The highest BCUT2D eigenvalue weighted by molar-refractivity contribution is 7.47. The molecule has 109 heavy (non-hydrogen) atoms. The molecule has 26 nitrogen and oxygen atoms in total. The largest absolute Gasteiger partial charge is 0.396 e. The highest BCUT2D eigenvalue weighted by Gasteiger charge is 2.40. The van der Waals surface area contributed by atoms with Gasteiger partial charge in [0.05, 0.1) is 56.5 Å². The van der Waals surface area contributed by atoms with Gasteiger partial charge in [0.15, 0.2) is 8.45 Å². The van der Waals surface area contributed by atoms with Gasteiger partial charge in [-0.2, -0.15) is 10.5 Å². The molecule has 5 aliphatic rings. The van der Waals surface area contributed by atoms with Crippen LogP contribution in [0.25, 0.3) is 0 Å². The van der Waals surface area contributed by atoms with E-state index in [0.29, 0.717) is 110 Å². The number of hydrogen-bond donors (Lipinski definition) is 8. The molecule has 0 radical (unpaired) electrons. The van der Waals surface area contributed by atoms with Crippen molar-refractivity contribution in [3.63, 3.8) is 0 Å². The molecule has 10 rings (SSSR count). The third-order valence-corrected chi connectivity index (χ3v) is 25.9. The lowest BCUT2D eigenvalue weighted by atomic mass is 9.96. The van der Waals surface area contributed by atoms with Gasteiger partial charge in [-0.1, -0.05) is 78.8 Å². The summed E-state index contributed by atoms with van der Waals surface area (Å²) in [5.41, 5.74) is 5.79. The maximum atomic E-state index is 9.76. The number of nitrogens with one attached hydrogen (secondary N) is 4. The Morgan fingerprint density at radius 3 is 1.12 bits per heavy atom. The van der Waals surface area contributed by atoms with Crippen molar-refractivity contribution in [2.45, 2.75) is 312 Å². The molecule has 0 bridgehead atoms. The molecule has 0 amide bonds. The third-order valence-electron chi connectivity index (χ3n) is 20.5. The summed E-state index contributed by atoms with van der Waals surface area (Å²) >= 11 is 5.39. The number of hydrogen-bond acceptors (Lipinski definition) is 26. The van der Waals surface area contributed by atoms with E-state index in [9.17, 15) is 10.2 Å². The number of aromatic nitrogens is 10. The van der Waals surface area contributed by atoms with E-state index in [0.717, 1.165) is 91.9 Å². The first kappa shape index (κ1) is 95.7. The van der Waals surface area contributed by atoms with Gasteiger partial charge in [-0.25, -0.2) is 63.9 Å². The lowest BCUT2D eigenvalue weighted by molar-refractivity contribution is 0.0908. The zero-order chi connectivity index (χ0) is 80.4. The van der Waals surface area contributed by atoms with Crippen molar-refractivity contribution in [1.29, 1.82) is 10.5 Å². The molecule has 0 aromatic carbocycles. The zero-order valence-electron chi connectivity index (χ0n) is 68.8. The van der Waals surface area contributed by atoms with E-state index in [-0.39, 0.29) is 30.8 Å². The Labute approximate surface area is 662 Å².